The SMILES string of the molecule is CC(C)(C)OC(=O)N1CCN(c2ccc(C(=O)NCc3cnc(-c4ccnc(C(F)(F)F)c4)c(F)c3)nc2)CC1. The molecule has 212 valence electrons. The number of nitrogens with zero attached hydrogens (tertiary/aromatic N) is 5. The Balaban J connectivity index is 1.31. The monoisotopic (exact) mass is 560 g/mol. The van der Waals surface area contributed by atoms with E-state index in [1.54, 1.807) is 23.2 Å². The van der Waals surface area contributed by atoms with Gasteiger partial charge in [0.25, 0.3) is 5.91 Å². The predicted molar refractivity (Wildman–Crippen MR) is 138 cm³/mol. The van der Waals surface area contributed by atoms with Crippen molar-refractivity contribution >= 4 is 17.7 Å². The van der Waals surface area contributed by atoms with E-state index >= 15 is 0 Å². The summed E-state index contributed by atoms with van der Waals surface area (Å²) in [5, 5.41) is 2.63. The fraction of sp³-hybridized carbons (Fsp3) is 0.370. The molecule has 1 N–H and O–H groups in total. The molecule has 0 saturated carbocycles. The summed E-state index contributed by atoms with van der Waals surface area (Å²) in [6.07, 6.45) is -1.23. The molecule has 1 saturated heterocycles. The van der Waals surface area contributed by atoms with Gasteiger partial charge in [0, 0.05) is 50.7 Å². The van der Waals surface area contributed by atoms with Crippen LogP contribution in [0.25, 0.3) is 11.3 Å². The Morgan fingerprint density at radius 2 is 1.70 bits per heavy atom. The molecule has 3 aromatic rings. The molecule has 40 heavy (non-hydrogen) atoms. The maximum absolute atomic E-state index is 14.7. The van der Waals surface area contributed by atoms with Gasteiger partial charge in [-0.15, -0.1) is 0 Å². The normalized spacial score (nSPS) is 14.2. The summed E-state index contributed by atoms with van der Waals surface area (Å²) in [4.78, 5) is 39.9. The number of carbonyl (C=O) groups is 2. The number of anilines is 1. The summed E-state index contributed by atoms with van der Waals surface area (Å²) in [5.74, 6) is -1.32. The quantitative estimate of drug-likeness (QED) is 0.452. The van der Waals surface area contributed by atoms with Crippen molar-refractivity contribution in [3.8, 4) is 11.3 Å². The Morgan fingerprint density at radius 3 is 2.30 bits per heavy atom. The molecule has 0 bridgehead atoms. The van der Waals surface area contributed by atoms with Crippen LogP contribution in [-0.4, -0.2) is 63.6 Å². The van der Waals surface area contributed by atoms with Crippen molar-refractivity contribution in [1.82, 2.24) is 25.2 Å². The van der Waals surface area contributed by atoms with Gasteiger partial charge in [0.2, 0.25) is 0 Å². The van der Waals surface area contributed by atoms with Crippen LogP contribution in [0.3, 0.4) is 0 Å². The first-order chi connectivity index (χ1) is 18.8. The summed E-state index contributed by atoms with van der Waals surface area (Å²) in [7, 11) is 0. The lowest BCUT2D eigenvalue weighted by Gasteiger charge is -2.36. The van der Waals surface area contributed by atoms with Crippen molar-refractivity contribution in [3.63, 3.8) is 0 Å². The first kappa shape index (κ1) is 28.7. The average Bonchev–Trinajstić information content (AvgIpc) is 2.90. The Labute approximate surface area is 228 Å². The van der Waals surface area contributed by atoms with Crippen LogP contribution >= 0.6 is 0 Å². The van der Waals surface area contributed by atoms with Crippen LogP contribution in [-0.2, 0) is 17.5 Å². The molecule has 0 aliphatic carbocycles. The summed E-state index contributed by atoms with van der Waals surface area (Å²) >= 11 is 0. The van der Waals surface area contributed by atoms with E-state index in [2.05, 4.69) is 20.3 Å². The largest absolute Gasteiger partial charge is 0.444 e. The fourth-order valence-electron chi connectivity index (χ4n) is 3.97. The van der Waals surface area contributed by atoms with E-state index < -0.39 is 29.2 Å². The van der Waals surface area contributed by atoms with Gasteiger partial charge in [-0.3, -0.25) is 14.8 Å². The van der Waals surface area contributed by atoms with Crippen molar-refractivity contribution < 1.29 is 31.9 Å². The predicted octanol–water partition coefficient (Wildman–Crippen LogP) is 4.68. The van der Waals surface area contributed by atoms with Crippen LogP contribution < -0.4 is 10.2 Å². The van der Waals surface area contributed by atoms with Crippen LogP contribution in [0.5, 0.6) is 0 Å². The number of hydrogen-bond donors (Lipinski definition) is 1. The molecule has 1 fully saturated rings. The van der Waals surface area contributed by atoms with E-state index in [4.69, 9.17) is 4.74 Å². The molecular formula is C27H28F4N6O3. The number of aromatic nitrogens is 3. The Hall–Kier alpha value is -4.29. The molecule has 2 amide bonds. The molecule has 0 atom stereocenters. The Kier molecular flexibility index (Phi) is 8.21. The minimum Gasteiger partial charge on any atom is -0.444 e. The second-order valence-electron chi connectivity index (χ2n) is 10.1. The smallest absolute Gasteiger partial charge is 0.433 e. The summed E-state index contributed by atoms with van der Waals surface area (Å²) < 4.78 is 58.8. The highest BCUT2D eigenvalue weighted by Gasteiger charge is 2.33. The highest BCUT2D eigenvalue weighted by molar-refractivity contribution is 5.92. The van der Waals surface area contributed by atoms with Crippen molar-refractivity contribution in [1.29, 1.82) is 0 Å². The first-order valence-corrected chi connectivity index (χ1v) is 12.5. The highest BCUT2D eigenvalue weighted by atomic mass is 19.4. The van der Waals surface area contributed by atoms with E-state index in [9.17, 15) is 27.2 Å². The number of rotatable bonds is 5. The Morgan fingerprint density at radius 1 is 0.975 bits per heavy atom. The van der Waals surface area contributed by atoms with Crippen molar-refractivity contribution in [2.24, 2.45) is 0 Å². The fourth-order valence-corrected chi connectivity index (χ4v) is 3.97. The van der Waals surface area contributed by atoms with Gasteiger partial charge in [-0.1, -0.05) is 0 Å². The summed E-state index contributed by atoms with van der Waals surface area (Å²) in [6, 6.07) is 6.38. The van der Waals surface area contributed by atoms with Crippen LogP contribution in [0.1, 0.15) is 42.5 Å². The van der Waals surface area contributed by atoms with Gasteiger partial charge in [0.05, 0.1) is 11.9 Å². The zero-order chi connectivity index (χ0) is 29.1. The molecule has 0 spiro atoms. The average molecular weight is 561 g/mol. The molecule has 3 aromatic heterocycles. The van der Waals surface area contributed by atoms with Crippen LogP contribution in [0, 0.1) is 5.82 Å². The second kappa shape index (κ2) is 11.4. The molecule has 4 rings (SSSR count). The van der Waals surface area contributed by atoms with Gasteiger partial charge >= 0.3 is 12.3 Å². The third kappa shape index (κ3) is 7.21. The molecule has 0 aromatic carbocycles. The molecule has 1 aliphatic heterocycles. The van der Waals surface area contributed by atoms with Crippen LogP contribution in [0.2, 0.25) is 0 Å². The van der Waals surface area contributed by atoms with Gasteiger partial charge in [-0.2, -0.15) is 13.2 Å². The minimum absolute atomic E-state index is 0.0639. The van der Waals surface area contributed by atoms with E-state index in [1.165, 1.54) is 12.3 Å². The highest BCUT2D eigenvalue weighted by Crippen LogP contribution is 2.30. The topological polar surface area (TPSA) is 101 Å². The van der Waals surface area contributed by atoms with Gasteiger partial charge in [-0.05, 0) is 56.7 Å². The number of carbonyl (C=O) groups excluding carboxylic acids is 2. The lowest BCUT2D eigenvalue weighted by molar-refractivity contribution is -0.141. The van der Waals surface area contributed by atoms with Gasteiger partial charge in [0.15, 0.2) is 0 Å². The summed E-state index contributed by atoms with van der Waals surface area (Å²) in [5.41, 5.74) is -0.765. The molecule has 0 radical (unpaired) electrons. The third-order valence-electron chi connectivity index (χ3n) is 5.95. The van der Waals surface area contributed by atoms with E-state index in [-0.39, 0.29) is 29.6 Å². The standard InChI is InChI=1S/C27H28F4N6O3/c1-26(2,3)40-25(39)37-10-8-36(9-11-37)19-4-5-21(33-16-19)24(38)35-15-17-12-20(28)23(34-14-17)18-6-7-32-22(13-18)27(29,30)31/h4-7,12-14,16H,8-11,15H2,1-3H3,(H,35,38). The number of ether oxygens (including phenoxy) is 1. The van der Waals surface area contributed by atoms with Crippen molar-refractivity contribution in [3.05, 3.63) is 71.7 Å². The summed E-state index contributed by atoms with van der Waals surface area (Å²) in [6.45, 7) is 7.53. The van der Waals surface area contributed by atoms with Crippen LogP contribution in [0.4, 0.5) is 28.0 Å². The number of piperazine rings is 1. The molecular weight excluding hydrogens is 532 g/mol. The molecule has 0 unspecified atom stereocenters. The Bertz CT molecular complexity index is 1370. The van der Waals surface area contributed by atoms with Crippen molar-refractivity contribution in [2.75, 3.05) is 31.1 Å². The molecule has 9 nitrogen and oxygen atoms in total. The zero-order valence-corrected chi connectivity index (χ0v) is 22.1. The van der Waals surface area contributed by atoms with Crippen LogP contribution in [0.15, 0.2) is 48.9 Å². The second-order valence-corrected chi connectivity index (χ2v) is 10.1. The number of pyridine rings is 3. The third-order valence-corrected chi connectivity index (χ3v) is 5.95. The number of amides is 2. The molecule has 1 aliphatic rings. The van der Waals surface area contributed by atoms with Gasteiger partial charge < -0.3 is 19.9 Å². The van der Waals surface area contributed by atoms with Gasteiger partial charge in [-0.25, -0.2) is 14.2 Å². The number of nitrogens with one attached hydrogen (secondary N) is 1. The zero-order valence-electron chi connectivity index (χ0n) is 22.1. The minimum atomic E-state index is -4.67. The van der Waals surface area contributed by atoms with Crippen molar-refractivity contribution in [2.45, 2.75) is 39.1 Å². The number of halogens is 4. The lowest BCUT2D eigenvalue weighted by Crippen LogP contribution is -2.50. The van der Waals surface area contributed by atoms with Gasteiger partial charge in [0.1, 0.15) is 28.5 Å². The maximum Gasteiger partial charge on any atom is 0.433 e. The molecule has 13 heteroatoms. The lowest BCUT2D eigenvalue weighted by atomic mass is 10.1. The molecule has 4 heterocycles. The first-order valence-electron chi connectivity index (χ1n) is 12.5. The van der Waals surface area contributed by atoms with E-state index in [1.807, 2.05) is 25.7 Å². The number of hydrogen-bond acceptors (Lipinski definition) is 7. The maximum atomic E-state index is 14.7. The number of alkyl halides is 3. The van der Waals surface area contributed by atoms with E-state index in [0.29, 0.717) is 31.7 Å². The van der Waals surface area contributed by atoms with E-state index in [0.717, 1.165) is 24.0 Å².